The van der Waals surface area contributed by atoms with E-state index in [1.807, 2.05) is 55.5 Å². The van der Waals surface area contributed by atoms with E-state index in [1.165, 1.54) is 6.08 Å². The summed E-state index contributed by atoms with van der Waals surface area (Å²) in [5, 5.41) is 11.8. The van der Waals surface area contributed by atoms with Gasteiger partial charge in [0.25, 0.3) is 5.56 Å². The van der Waals surface area contributed by atoms with Gasteiger partial charge in [-0.3, -0.25) is 14.3 Å². The van der Waals surface area contributed by atoms with Gasteiger partial charge in [-0.25, -0.2) is 5.10 Å². The summed E-state index contributed by atoms with van der Waals surface area (Å²) < 4.78 is 7.66. The molecule has 1 saturated heterocycles. The number of piperidine rings is 1. The Balaban J connectivity index is 1.53. The maximum atomic E-state index is 12.8. The molecule has 0 spiro atoms. The summed E-state index contributed by atoms with van der Waals surface area (Å²) in [6.07, 6.45) is 2.89. The standard InChI is InChI=1S/C26H26N6O3/c1-3-21(33)31-13-5-7-18(15-31)32-24-22(25(27)28-29-26(24)34)23(30-32)17-9-11-19(12-10-17)35-20-8-4-6-16(2)14-20/h3-4,6,8-12,14,18H,1,5,7,13,15H2,2H3,(H2,27,28)(H,29,34). The van der Waals surface area contributed by atoms with Crippen LogP contribution in [0.1, 0.15) is 24.4 Å². The van der Waals surface area contributed by atoms with Crippen molar-refractivity contribution in [2.24, 2.45) is 0 Å². The number of hydrogen-bond acceptors (Lipinski definition) is 6. The van der Waals surface area contributed by atoms with Crippen LogP contribution in [0.2, 0.25) is 0 Å². The quantitative estimate of drug-likeness (QED) is 0.428. The van der Waals surface area contributed by atoms with Crippen LogP contribution in [0.4, 0.5) is 5.82 Å². The van der Waals surface area contributed by atoms with Crippen LogP contribution in [-0.4, -0.2) is 43.9 Å². The van der Waals surface area contributed by atoms with Crippen molar-refractivity contribution in [1.82, 2.24) is 24.9 Å². The number of ether oxygens (including phenoxy) is 1. The molecule has 2 aromatic carbocycles. The molecule has 1 amide bonds. The number of aromatic amines is 1. The maximum absolute atomic E-state index is 12.8. The van der Waals surface area contributed by atoms with Gasteiger partial charge in [0.2, 0.25) is 5.91 Å². The zero-order valence-corrected chi connectivity index (χ0v) is 19.4. The monoisotopic (exact) mass is 470 g/mol. The number of carbonyl (C=O) groups excluding carboxylic acids is 1. The summed E-state index contributed by atoms with van der Waals surface area (Å²) >= 11 is 0. The topological polar surface area (TPSA) is 119 Å². The molecule has 178 valence electrons. The first kappa shape index (κ1) is 22.4. The third kappa shape index (κ3) is 4.28. The Labute approximate surface area is 201 Å². The van der Waals surface area contributed by atoms with Gasteiger partial charge in [0.15, 0.2) is 5.82 Å². The lowest BCUT2D eigenvalue weighted by molar-refractivity contribution is -0.127. The summed E-state index contributed by atoms with van der Waals surface area (Å²) in [7, 11) is 0. The highest BCUT2D eigenvalue weighted by atomic mass is 16.5. The third-order valence-electron chi connectivity index (χ3n) is 6.24. The number of likely N-dealkylation sites (tertiary alicyclic amines) is 1. The van der Waals surface area contributed by atoms with E-state index in [-0.39, 0.29) is 23.3 Å². The second-order valence-electron chi connectivity index (χ2n) is 8.68. The van der Waals surface area contributed by atoms with Crippen molar-refractivity contribution in [2.75, 3.05) is 18.8 Å². The number of nitrogens with zero attached hydrogens (tertiary/aromatic N) is 4. The van der Waals surface area contributed by atoms with Crippen LogP contribution in [0, 0.1) is 6.92 Å². The molecule has 0 aliphatic carbocycles. The number of carbonyl (C=O) groups is 1. The van der Waals surface area contributed by atoms with Crippen molar-refractivity contribution < 1.29 is 9.53 Å². The van der Waals surface area contributed by atoms with Gasteiger partial charge in [0.05, 0.1) is 11.4 Å². The predicted octanol–water partition coefficient (Wildman–Crippen LogP) is 3.82. The molecule has 3 heterocycles. The van der Waals surface area contributed by atoms with E-state index in [0.717, 1.165) is 29.7 Å². The number of nitrogens with one attached hydrogen (secondary N) is 1. The number of benzene rings is 2. The fourth-order valence-electron chi connectivity index (χ4n) is 4.56. The molecule has 0 saturated carbocycles. The molecular formula is C26H26N6O3. The minimum atomic E-state index is -0.375. The Morgan fingerprint density at radius 3 is 2.77 bits per heavy atom. The highest BCUT2D eigenvalue weighted by molar-refractivity contribution is 5.99. The van der Waals surface area contributed by atoms with E-state index in [1.54, 1.807) is 9.58 Å². The number of H-pyrrole nitrogens is 1. The van der Waals surface area contributed by atoms with Gasteiger partial charge in [-0.05, 0) is 67.8 Å². The van der Waals surface area contributed by atoms with Crippen molar-refractivity contribution in [1.29, 1.82) is 0 Å². The second-order valence-corrected chi connectivity index (χ2v) is 8.68. The first-order chi connectivity index (χ1) is 16.9. The molecule has 1 aliphatic rings. The minimum Gasteiger partial charge on any atom is -0.457 e. The summed E-state index contributed by atoms with van der Waals surface area (Å²) in [5.41, 5.74) is 8.64. The van der Waals surface area contributed by atoms with Crippen LogP contribution >= 0.6 is 0 Å². The molecule has 2 aromatic heterocycles. The summed E-state index contributed by atoms with van der Waals surface area (Å²) in [6, 6.07) is 15.1. The van der Waals surface area contributed by atoms with E-state index in [9.17, 15) is 9.59 Å². The average Bonchev–Trinajstić information content (AvgIpc) is 3.28. The molecule has 1 fully saturated rings. The SMILES string of the molecule is C=CC(=O)N1CCCC(n2nc(-c3ccc(Oc4cccc(C)c4)cc3)c3c(N)n[nH]c(=O)c32)C1. The molecule has 0 bridgehead atoms. The smallest absolute Gasteiger partial charge is 0.290 e. The van der Waals surface area contributed by atoms with Gasteiger partial charge in [0, 0.05) is 18.7 Å². The number of aryl methyl sites for hydroxylation is 1. The Morgan fingerprint density at radius 1 is 1.23 bits per heavy atom. The Hall–Kier alpha value is -4.40. The number of anilines is 1. The van der Waals surface area contributed by atoms with Crippen molar-refractivity contribution in [3.8, 4) is 22.8 Å². The van der Waals surface area contributed by atoms with Gasteiger partial charge < -0.3 is 15.4 Å². The number of nitrogens with two attached hydrogens (primary N) is 1. The van der Waals surface area contributed by atoms with E-state index in [4.69, 9.17) is 15.6 Å². The highest BCUT2D eigenvalue weighted by Gasteiger charge is 2.28. The van der Waals surface area contributed by atoms with Crippen LogP contribution in [0.25, 0.3) is 22.2 Å². The Bertz CT molecular complexity index is 1470. The van der Waals surface area contributed by atoms with Gasteiger partial charge in [-0.15, -0.1) is 0 Å². The summed E-state index contributed by atoms with van der Waals surface area (Å²) in [6.45, 7) is 6.68. The van der Waals surface area contributed by atoms with Crippen LogP contribution in [0.5, 0.6) is 11.5 Å². The van der Waals surface area contributed by atoms with Gasteiger partial charge in [0.1, 0.15) is 22.7 Å². The Kier molecular flexibility index (Phi) is 5.82. The van der Waals surface area contributed by atoms with Gasteiger partial charge in [-0.1, -0.05) is 18.7 Å². The largest absolute Gasteiger partial charge is 0.457 e. The second kappa shape index (κ2) is 9.09. The van der Waals surface area contributed by atoms with Crippen LogP contribution in [0.3, 0.4) is 0 Å². The maximum Gasteiger partial charge on any atom is 0.290 e. The van der Waals surface area contributed by atoms with Crippen molar-refractivity contribution in [3.05, 3.63) is 77.1 Å². The number of amides is 1. The molecule has 1 unspecified atom stereocenters. The number of fused-ring (bicyclic) bond motifs is 1. The van der Waals surface area contributed by atoms with E-state index in [0.29, 0.717) is 35.4 Å². The molecule has 35 heavy (non-hydrogen) atoms. The molecule has 0 radical (unpaired) electrons. The molecule has 1 atom stereocenters. The fraction of sp³-hybridized carbons (Fsp3) is 0.231. The van der Waals surface area contributed by atoms with E-state index < -0.39 is 0 Å². The van der Waals surface area contributed by atoms with Gasteiger partial charge >= 0.3 is 0 Å². The fourth-order valence-corrected chi connectivity index (χ4v) is 4.56. The first-order valence-electron chi connectivity index (χ1n) is 11.5. The highest BCUT2D eigenvalue weighted by Crippen LogP contribution is 2.34. The summed E-state index contributed by atoms with van der Waals surface area (Å²) in [4.78, 5) is 26.8. The third-order valence-corrected chi connectivity index (χ3v) is 6.24. The molecule has 3 N–H and O–H groups in total. The van der Waals surface area contributed by atoms with Gasteiger partial charge in [-0.2, -0.15) is 10.2 Å². The molecule has 5 rings (SSSR count). The van der Waals surface area contributed by atoms with Crippen molar-refractivity contribution in [3.63, 3.8) is 0 Å². The predicted molar refractivity (Wildman–Crippen MR) is 134 cm³/mol. The van der Waals surface area contributed by atoms with Crippen molar-refractivity contribution >= 4 is 22.6 Å². The molecule has 4 aromatic rings. The van der Waals surface area contributed by atoms with Crippen LogP contribution in [-0.2, 0) is 4.79 Å². The minimum absolute atomic E-state index is 0.134. The average molecular weight is 471 g/mol. The number of rotatable bonds is 5. The zero-order chi connectivity index (χ0) is 24.5. The zero-order valence-electron chi connectivity index (χ0n) is 19.4. The summed E-state index contributed by atoms with van der Waals surface area (Å²) in [5.74, 6) is 1.49. The Morgan fingerprint density at radius 2 is 2.03 bits per heavy atom. The normalized spacial score (nSPS) is 15.8. The van der Waals surface area contributed by atoms with E-state index in [2.05, 4.69) is 16.8 Å². The van der Waals surface area contributed by atoms with Crippen molar-refractivity contribution in [2.45, 2.75) is 25.8 Å². The number of nitrogen functional groups attached to an aromatic ring is 1. The number of hydrogen-bond donors (Lipinski definition) is 2. The van der Waals surface area contributed by atoms with E-state index >= 15 is 0 Å². The molecule has 9 heteroatoms. The van der Waals surface area contributed by atoms with Crippen LogP contribution < -0.4 is 16.0 Å². The lowest BCUT2D eigenvalue weighted by Crippen LogP contribution is -2.40. The molecule has 1 aliphatic heterocycles. The first-order valence-corrected chi connectivity index (χ1v) is 11.5. The lowest BCUT2D eigenvalue weighted by atomic mass is 10.1. The molecular weight excluding hydrogens is 444 g/mol. The number of aromatic nitrogens is 4. The lowest BCUT2D eigenvalue weighted by Gasteiger charge is -2.32. The van der Waals surface area contributed by atoms with Crippen LogP contribution in [0.15, 0.2) is 66.0 Å². The molecule has 9 nitrogen and oxygen atoms in total.